The molecule has 0 aromatic heterocycles. The van der Waals surface area contributed by atoms with Gasteiger partial charge in [0.1, 0.15) is 0 Å². The van der Waals surface area contributed by atoms with E-state index < -0.39 is 0 Å². The first-order valence-corrected chi connectivity index (χ1v) is 6.89. The van der Waals surface area contributed by atoms with Crippen LogP contribution >= 0.6 is 0 Å². The van der Waals surface area contributed by atoms with Crippen LogP contribution in [0.25, 0.3) is 0 Å². The maximum absolute atomic E-state index is 11.5. The highest BCUT2D eigenvalue weighted by Gasteiger charge is 2.22. The van der Waals surface area contributed by atoms with E-state index in [0.717, 1.165) is 18.8 Å². The van der Waals surface area contributed by atoms with Crippen molar-refractivity contribution in [2.75, 3.05) is 6.61 Å². The minimum atomic E-state index is 0.00604. The Balaban J connectivity index is 2.16. The van der Waals surface area contributed by atoms with Gasteiger partial charge >= 0.3 is 5.97 Å². The first-order valence-electron chi connectivity index (χ1n) is 6.89. The number of carbonyl (C=O) groups is 1. The molecule has 1 fully saturated rings. The van der Waals surface area contributed by atoms with Crippen LogP contribution in [-0.4, -0.2) is 12.6 Å². The standard InChI is InChI=1S/C14H26O2/c1-3-4-10-16-14(15)11-12(2)13-8-6-5-7-9-13/h12-13H,3-11H2,1-2H3. The third-order valence-electron chi connectivity index (χ3n) is 3.70. The van der Waals surface area contributed by atoms with Crippen molar-refractivity contribution in [3.8, 4) is 0 Å². The van der Waals surface area contributed by atoms with E-state index in [-0.39, 0.29) is 5.97 Å². The van der Waals surface area contributed by atoms with Gasteiger partial charge in [0.2, 0.25) is 0 Å². The average molecular weight is 226 g/mol. The molecule has 1 atom stereocenters. The number of hydrogen-bond donors (Lipinski definition) is 0. The smallest absolute Gasteiger partial charge is 0.306 e. The van der Waals surface area contributed by atoms with Gasteiger partial charge in [-0.05, 0) is 18.3 Å². The van der Waals surface area contributed by atoms with Crippen LogP contribution in [0.4, 0.5) is 0 Å². The van der Waals surface area contributed by atoms with Gasteiger partial charge in [0.15, 0.2) is 0 Å². The van der Waals surface area contributed by atoms with Crippen LogP contribution in [0, 0.1) is 11.8 Å². The molecule has 1 saturated carbocycles. The second-order valence-electron chi connectivity index (χ2n) is 5.15. The number of unbranched alkanes of at least 4 members (excludes halogenated alkanes) is 1. The molecule has 0 spiro atoms. The third-order valence-corrected chi connectivity index (χ3v) is 3.70. The Hall–Kier alpha value is -0.530. The van der Waals surface area contributed by atoms with Crippen LogP contribution < -0.4 is 0 Å². The summed E-state index contributed by atoms with van der Waals surface area (Å²) < 4.78 is 5.20. The highest BCUT2D eigenvalue weighted by atomic mass is 16.5. The molecule has 0 aromatic carbocycles. The van der Waals surface area contributed by atoms with Crippen molar-refractivity contribution in [2.24, 2.45) is 11.8 Å². The zero-order valence-electron chi connectivity index (χ0n) is 10.8. The van der Waals surface area contributed by atoms with E-state index in [1.807, 2.05) is 0 Å². The second-order valence-corrected chi connectivity index (χ2v) is 5.15. The minimum Gasteiger partial charge on any atom is -0.466 e. The van der Waals surface area contributed by atoms with Gasteiger partial charge < -0.3 is 4.74 Å². The largest absolute Gasteiger partial charge is 0.466 e. The lowest BCUT2D eigenvalue weighted by Crippen LogP contribution is -2.19. The Morgan fingerprint density at radius 2 is 2.00 bits per heavy atom. The van der Waals surface area contributed by atoms with Crippen molar-refractivity contribution >= 4 is 5.97 Å². The molecule has 94 valence electrons. The third kappa shape index (κ3) is 5.00. The highest BCUT2D eigenvalue weighted by molar-refractivity contribution is 5.69. The van der Waals surface area contributed by atoms with E-state index in [4.69, 9.17) is 4.74 Å². The van der Waals surface area contributed by atoms with E-state index in [1.54, 1.807) is 0 Å². The van der Waals surface area contributed by atoms with Gasteiger partial charge in [-0.2, -0.15) is 0 Å². The van der Waals surface area contributed by atoms with Crippen molar-refractivity contribution < 1.29 is 9.53 Å². The fraction of sp³-hybridized carbons (Fsp3) is 0.929. The summed E-state index contributed by atoms with van der Waals surface area (Å²) in [5.74, 6) is 1.27. The molecular formula is C14H26O2. The van der Waals surface area contributed by atoms with Gasteiger partial charge in [-0.1, -0.05) is 52.4 Å². The lowest BCUT2D eigenvalue weighted by atomic mass is 9.79. The summed E-state index contributed by atoms with van der Waals surface area (Å²) in [5, 5.41) is 0. The van der Waals surface area contributed by atoms with Crippen LogP contribution in [-0.2, 0) is 9.53 Å². The molecule has 2 nitrogen and oxygen atoms in total. The Morgan fingerprint density at radius 3 is 2.62 bits per heavy atom. The van der Waals surface area contributed by atoms with Crippen molar-refractivity contribution in [3.05, 3.63) is 0 Å². The van der Waals surface area contributed by atoms with Crippen molar-refractivity contribution in [3.63, 3.8) is 0 Å². The molecule has 2 heteroatoms. The number of esters is 1. The molecule has 0 aromatic rings. The van der Waals surface area contributed by atoms with E-state index in [1.165, 1.54) is 32.1 Å². The monoisotopic (exact) mass is 226 g/mol. The molecule has 0 radical (unpaired) electrons. The van der Waals surface area contributed by atoms with Crippen molar-refractivity contribution in [1.29, 1.82) is 0 Å². The van der Waals surface area contributed by atoms with Gasteiger partial charge in [-0.3, -0.25) is 4.79 Å². The first kappa shape index (κ1) is 13.5. The van der Waals surface area contributed by atoms with Gasteiger partial charge in [0.05, 0.1) is 6.61 Å². The molecule has 1 aliphatic rings. The molecule has 1 unspecified atom stereocenters. The molecule has 0 saturated heterocycles. The molecule has 0 aliphatic heterocycles. The number of hydrogen-bond acceptors (Lipinski definition) is 2. The van der Waals surface area contributed by atoms with E-state index in [2.05, 4.69) is 13.8 Å². The lowest BCUT2D eigenvalue weighted by molar-refractivity contribution is -0.145. The Labute approximate surface area is 99.8 Å². The predicted molar refractivity (Wildman–Crippen MR) is 66.2 cm³/mol. The topological polar surface area (TPSA) is 26.3 Å². The summed E-state index contributed by atoms with van der Waals surface area (Å²) in [6, 6.07) is 0. The molecule has 0 heterocycles. The SMILES string of the molecule is CCCCOC(=O)CC(C)C1CCCCC1. The minimum absolute atomic E-state index is 0.00604. The zero-order valence-corrected chi connectivity index (χ0v) is 10.8. The predicted octanol–water partition coefficient (Wildman–Crippen LogP) is 3.94. The molecule has 0 bridgehead atoms. The van der Waals surface area contributed by atoms with Crippen LogP contribution in [0.2, 0.25) is 0 Å². The molecule has 1 rings (SSSR count). The summed E-state index contributed by atoms with van der Waals surface area (Å²) in [4.78, 5) is 11.5. The van der Waals surface area contributed by atoms with E-state index in [0.29, 0.717) is 18.9 Å². The summed E-state index contributed by atoms with van der Waals surface area (Å²) in [7, 11) is 0. The molecular weight excluding hydrogens is 200 g/mol. The fourth-order valence-electron chi connectivity index (χ4n) is 2.52. The quantitative estimate of drug-likeness (QED) is 0.506. The Bertz CT molecular complexity index is 195. The van der Waals surface area contributed by atoms with Crippen LogP contribution in [0.5, 0.6) is 0 Å². The van der Waals surface area contributed by atoms with Crippen molar-refractivity contribution in [2.45, 2.75) is 65.2 Å². The Morgan fingerprint density at radius 1 is 1.31 bits per heavy atom. The summed E-state index contributed by atoms with van der Waals surface area (Å²) in [6.45, 7) is 4.92. The highest BCUT2D eigenvalue weighted by Crippen LogP contribution is 2.31. The van der Waals surface area contributed by atoms with E-state index >= 15 is 0 Å². The van der Waals surface area contributed by atoms with Gasteiger partial charge in [-0.15, -0.1) is 0 Å². The number of ether oxygens (including phenoxy) is 1. The number of carbonyl (C=O) groups excluding carboxylic acids is 1. The normalized spacial score (nSPS) is 19.4. The van der Waals surface area contributed by atoms with Gasteiger partial charge in [0.25, 0.3) is 0 Å². The van der Waals surface area contributed by atoms with Crippen molar-refractivity contribution in [1.82, 2.24) is 0 Å². The Kier molecular flexibility index (Phi) is 6.51. The molecule has 0 N–H and O–H groups in total. The van der Waals surface area contributed by atoms with Gasteiger partial charge in [-0.25, -0.2) is 0 Å². The number of rotatable bonds is 6. The summed E-state index contributed by atoms with van der Waals surface area (Å²) >= 11 is 0. The van der Waals surface area contributed by atoms with Gasteiger partial charge in [0, 0.05) is 6.42 Å². The maximum atomic E-state index is 11.5. The van der Waals surface area contributed by atoms with Crippen LogP contribution in [0.15, 0.2) is 0 Å². The van der Waals surface area contributed by atoms with E-state index in [9.17, 15) is 4.79 Å². The molecule has 0 amide bonds. The average Bonchev–Trinajstić information content (AvgIpc) is 2.30. The first-order chi connectivity index (χ1) is 7.74. The zero-order chi connectivity index (χ0) is 11.8. The second kappa shape index (κ2) is 7.70. The summed E-state index contributed by atoms with van der Waals surface area (Å²) in [5.41, 5.74) is 0. The lowest BCUT2D eigenvalue weighted by Gasteiger charge is -2.26. The van der Waals surface area contributed by atoms with Crippen LogP contribution in [0.1, 0.15) is 65.2 Å². The molecule has 16 heavy (non-hydrogen) atoms. The maximum Gasteiger partial charge on any atom is 0.306 e. The fourth-order valence-corrected chi connectivity index (χ4v) is 2.52. The summed E-state index contributed by atoms with van der Waals surface area (Å²) in [6.07, 6.45) is 9.39. The van der Waals surface area contributed by atoms with Crippen LogP contribution in [0.3, 0.4) is 0 Å². The molecule has 1 aliphatic carbocycles.